The summed E-state index contributed by atoms with van der Waals surface area (Å²) in [5, 5.41) is 10.5. The van der Waals surface area contributed by atoms with E-state index < -0.39 is 0 Å². The van der Waals surface area contributed by atoms with Crippen LogP contribution >= 0.6 is 11.3 Å². The molecule has 19 heavy (non-hydrogen) atoms. The van der Waals surface area contributed by atoms with E-state index >= 15 is 0 Å². The molecule has 1 nitrogen and oxygen atoms in total. The molecule has 1 aliphatic rings. The summed E-state index contributed by atoms with van der Waals surface area (Å²) in [6, 6.07) is 12.7. The zero-order valence-corrected chi connectivity index (χ0v) is 12.1. The number of hydrogen-bond donors (Lipinski definition) is 1. The Morgan fingerprint density at radius 1 is 1.16 bits per heavy atom. The Morgan fingerprint density at radius 2 is 1.89 bits per heavy atom. The topological polar surface area (TPSA) is 20.2 Å². The maximum absolute atomic E-state index is 10.5. The normalized spacial score (nSPS) is 16.5. The highest BCUT2D eigenvalue weighted by atomic mass is 32.1. The molecule has 1 aliphatic carbocycles. The SMILES string of the molecule is CCc1ccc(CC(O)c2ccccc2C2CC2)s1. The van der Waals surface area contributed by atoms with E-state index in [2.05, 4.69) is 37.3 Å². The minimum absolute atomic E-state index is 0.361. The molecule has 1 aromatic carbocycles. The van der Waals surface area contributed by atoms with Crippen LogP contribution in [0.4, 0.5) is 0 Å². The lowest BCUT2D eigenvalue weighted by molar-refractivity contribution is 0.178. The monoisotopic (exact) mass is 272 g/mol. The van der Waals surface area contributed by atoms with Crippen LogP contribution in [0.25, 0.3) is 0 Å². The fourth-order valence-corrected chi connectivity index (χ4v) is 3.60. The highest BCUT2D eigenvalue weighted by molar-refractivity contribution is 7.11. The molecule has 1 aromatic heterocycles. The summed E-state index contributed by atoms with van der Waals surface area (Å²) in [6.07, 6.45) is 4.03. The van der Waals surface area contributed by atoms with E-state index in [1.807, 2.05) is 17.4 Å². The Balaban J connectivity index is 1.78. The van der Waals surface area contributed by atoms with Gasteiger partial charge in [-0.25, -0.2) is 0 Å². The lowest BCUT2D eigenvalue weighted by atomic mass is 9.97. The van der Waals surface area contributed by atoms with Gasteiger partial charge < -0.3 is 5.11 Å². The molecule has 3 rings (SSSR count). The molecule has 1 saturated carbocycles. The molecule has 0 saturated heterocycles. The van der Waals surface area contributed by atoms with Crippen molar-refractivity contribution in [1.82, 2.24) is 0 Å². The standard InChI is InChI=1S/C17H20OS/c1-2-13-9-10-14(19-13)11-17(18)16-6-4-3-5-15(16)12-7-8-12/h3-6,9-10,12,17-18H,2,7-8,11H2,1H3. The fraction of sp³-hybridized carbons (Fsp3) is 0.412. The number of hydrogen-bond acceptors (Lipinski definition) is 2. The van der Waals surface area contributed by atoms with Crippen molar-refractivity contribution in [2.24, 2.45) is 0 Å². The van der Waals surface area contributed by atoms with Crippen LogP contribution in [0.5, 0.6) is 0 Å². The van der Waals surface area contributed by atoms with Crippen molar-refractivity contribution >= 4 is 11.3 Å². The molecule has 1 heterocycles. The molecular weight excluding hydrogens is 252 g/mol. The third-order valence-electron chi connectivity index (χ3n) is 3.83. The van der Waals surface area contributed by atoms with Gasteiger partial charge in [0.25, 0.3) is 0 Å². The van der Waals surface area contributed by atoms with E-state index in [1.54, 1.807) is 0 Å². The second kappa shape index (κ2) is 5.48. The molecule has 1 N–H and O–H groups in total. The van der Waals surface area contributed by atoms with Crippen LogP contribution in [-0.2, 0) is 12.8 Å². The Bertz CT molecular complexity index is 554. The van der Waals surface area contributed by atoms with Crippen molar-refractivity contribution < 1.29 is 5.11 Å². The third kappa shape index (κ3) is 2.90. The van der Waals surface area contributed by atoms with Gasteiger partial charge in [-0.05, 0) is 48.4 Å². The number of aryl methyl sites for hydroxylation is 1. The van der Waals surface area contributed by atoms with Gasteiger partial charge in [-0.1, -0.05) is 31.2 Å². The summed E-state index contributed by atoms with van der Waals surface area (Å²) < 4.78 is 0. The molecule has 1 atom stereocenters. The van der Waals surface area contributed by atoms with Crippen molar-refractivity contribution in [1.29, 1.82) is 0 Å². The lowest BCUT2D eigenvalue weighted by Gasteiger charge is -2.14. The Labute approximate surface area is 118 Å². The third-order valence-corrected chi connectivity index (χ3v) is 5.08. The first-order chi connectivity index (χ1) is 9.28. The zero-order chi connectivity index (χ0) is 13.2. The first-order valence-electron chi connectivity index (χ1n) is 7.12. The van der Waals surface area contributed by atoms with Crippen LogP contribution in [0.2, 0.25) is 0 Å². The van der Waals surface area contributed by atoms with E-state index in [0.29, 0.717) is 5.92 Å². The molecule has 2 aromatic rings. The molecule has 0 bridgehead atoms. The van der Waals surface area contributed by atoms with Gasteiger partial charge in [-0.2, -0.15) is 0 Å². The number of rotatable bonds is 5. The first kappa shape index (κ1) is 12.9. The van der Waals surface area contributed by atoms with Gasteiger partial charge in [0, 0.05) is 16.2 Å². The van der Waals surface area contributed by atoms with Gasteiger partial charge in [-0.15, -0.1) is 11.3 Å². The fourth-order valence-electron chi connectivity index (χ4n) is 2.60. The Morgan fingerprint density at radius 3 is 2.58 bits per heavy atom. The highest BCUT2D eigenvalue weighted by Gasteiger charge is 2.27. The van der Waals surface area contributed by atoms with E-state index in [4.69, 9.17) is 0 Å². The minimum atomic E-state index is -0.361. The second-order valence-corrected chi connectivity index (χ2v) is 6.60. The van der Waals surface area contributed by atoms with Crippen LogP contribution in [0.1, 0.15) is 52.7 Å². The smallest absolute Gasteiger partial charge is 0.0841 e. The van der Waals surface area contributed by atoms with Crippen molar-refractivity contribution in [2.45, 2.75) is 44.6 Å². The average Bonchev–Trinajstić information content (AvgIpc) is 3.19. The van der Waals surface area contributed by atoms with Crippen LogP contribution in [0.3, 0.4) is 0 Å². The van der Waals surface area contributed by atoms with Gasteiger partial charge >= 0.3 is 0 Å². The van der Waals surface area contributed by atoms with Gasteiger partial charge in [-0.3, -0.25) is 0 Å². The van der Waals surface area contributed by atoms with Crippen LogP contribution in [-0.4, -0.2) is 5.11 Å². The summed E-state index contributed by atoms with van der Waals surface area (Å²) >= 11 is 1.83. The molecule has 0 aliphatic heterocycles. The molecular formula is C17H20OS. The molecule has 100 valence electrons. The highest BCUT2D eigenvalue weighted by Crippen LogP contribution is 2.43. The summed E-state index contributed by atoms with van der Waals surface area (Å²) in [4.78, 5) is 2.69. The molecule has 1 unspecified atom stereocenters. The largest absolute Gasteiger partial charge is 0.388 e. The van der Waals surface area contributed by atoms with E-state index in [-0.39, 0.29) is 6.10 Å². The minimum Gasteiger partial charge on any atom is -0.388 e. The first-order valence-corrected chi connectivity index (χ1v) is 7.94. The van der Waals surface area contributed by atoms with Gasteiger partial charge in [0.1, 0.15) is 0 Å². The Hall–Kier alpha value is -1.12. The van der Waals surface area contributed by atoms with Crippen LogP contribution < -0.4 is 0 Å². The van der Waals surface area contributed by atoms with E-state index in [0.717, 1.165) is 18.4 Å². The molecule has 0 radical (unpaired) electrons. The quantitative estimate of drug-likeness (QED) is 0.851. The molecule has 2 heteroatoms. The van der Waals surface area contributed by atoms with Crippen molar-refractivity contribution in [3.05, 3.63) is 57.3 Å². The molecule has 0 spiro atoms. The summed E-state index contributed by atoms with van der Waals surface area (Å²) in [5.41, 5.74) is 2.50. The zero-order valence-electron chi connectivity index (χ0n) is 11.3. The van der Waals surface area contributed by atoms with Crippen molar-refractivity contribution in [3.63, 3.8) is 0 Å². The maximum atomic E-state index is 10.5. The van der Waals surface area contributed by atoms with Gasteiger partial charge in [0.05, 0.1) is 6.10 Å². The van der Waals surface area contributed by atoms with E-state index in [1.165, 1.54) is 28.2 Å². The van der Waals surface area contributed by atoms with Crippen LogP contribution in [0.15, 0.2) is 36.4 Å². The maximum Gasteiger partial charge on any atom is 0.0841 e. The molecule has 1 fully saturated rings. The predicted molar refractivity (Wildman–Crippen MR) is 80.8 cm³/mol. The second-order valence-electron chi connectivity index (χ2n) is 5.34. The van der Waals surface area contributed by atoms with E-state index in [9.17, 15) is 5.11 Å². The number of aliphatic hydroxyl groups excluding tert-OH is 1. The Kier molecular flexibility index (Phi) is 3.72. The number of thiophene rings is 1. The average molecular weight is 272 g/mol. The summed E-state index contributed by atoms with van der Waals surface area (Å²) in [6.45, 7) is 2.18. The number of aliphatic hydroxyl groups is 1. The lowest BCUT2D eigenvalue weighted by Crippen LogP contribution is -2.04. The summed E-state index contributed by atoms with van der Waals surface area (Å²) in [5.74, 6) is 0.695. The molecule has 0 amide bonds. The number of benzene rings is 1. The predicted octanol–water partition coefficient (Wildman–Crippen LogP) is 4.46. The van der Waals surface area contributed by atoms with Gasteiger partial charge in [0.15, 0.2) is 0 Å². The van der Waals surface area contributed by atoms with Crippen molar-refractivity contribution in [2.75, 3.05) is 0 Å². The van der Waals surface area contributed by atoms with Crippen molar-refractivity contribution in [3.8, 4) is 0 Å². The van der Waals surface area contributed by atoms with Gasteiger partial charge in [0.2, 0.25) is 0 Å². The summed E-state index contributed by atoms with van der Waals surface area (Å²) in [7, 11) is 0. The van der Waals surface area contributed by atoms with Crippen LogP contribution in [0, 0.1) is 0 Å².